The van der Waals surface area contributed by atoms with Crippen LogP contribution in [0.15, 0.2) is 24.3 Å². The zero-order chi connectivity index (χ0) is 11.6. The van der Waals surface area contributed by atoms with Crippen molar-refractivity contribution < 1.29 is 0 Å². The maximum absolute atomic E-state index is 3.53. The number of nitrogens with zero attached hydrogens (tertiary/aromatic N) is 1. The van der Waals surface area contributed by atoms with E-state index < -0.39 is 0 Å². The Bertz CT molecular complexity index is 362. The highest BCUT2D eigenvalue weighted by Crippen LogP contribution is 2.24. The lowest BCUT2D eigenvalue weighted by molar-refractivity contribution is 0.326. The minimum atomic E-state index is 0.280. The first-order chi connectivity index (χ1) is 7.63. The van der Waals surface area contributed by atoms with Crippen molar-refractivity contribution in [3.8, 4) is 0 Å². The Balaban J connectivity index is 2.13. The summed E-state index contributed by atoms with van der Waals surface area (Å²) in [5.41, 5.74) is 3.09. The van der Waals surface area contributed by atoms with Gasteiger partial charge in [-0.25, -0.2) is 0 Å². The quantitative estimate of drug-likeness (QED) is 0.832. The number of hydrogen-bond donors (Lipinski definition) is 1. The molecule has 1 aromatic rings. The number of benzene rings is 1. The molecule has 1 fully saturated rings. The SMILES string of the molecule is CNC1(Cc2cccc(C)c2)CCN(C)C1. The van der Waals surface area contributed by atoms with Crippen LogP contribution in [0.1, 0.15) is 17.5 Å². The molecule has 1 N–H and O–H groups in total. The number of hydrogen-bond acceptors (Lipinski definition) is 2. The van der Waals surface area contributed by atoms with Crippen molar-refractivity contribution in [2.75, 3.05) is 27.2 Å². The Kier molecular flexibility index (Phi) is 3.31. The summed E-state index contributed by atoms with van der Waals surface area (Å²) < 4.78 is 0. The molecule has 1 aliphatic rings. The van der Waals surface area contributed by atoms with Crippen molar-refractivity contribution in [3.63, 3.8) is 0 Å². The van der Waals surface area contributed by atoms with Gasteiger partial charge in [-0.1, -0.05) is 29.8 Å². The van der Waals surface area contributed by atoms with Crippen molar-refractivity contribution in [3.05, 3.63) is 35.4 Å². The third-order valence-electron chi connectivity index (χ3n) is 3.70. The number of likely N-dealkylation sites (tertiary alicyclic amines) is 1. The van der Waals surface area contributed by atoms with E-state index >= 15 is 0 Å². The molecule has 0 aliphatic carbocycles. The molecule has 2 heteroatoms. The van der Waals surface area contributed by atoms with Gasteiger partial charge in [-0.3, -0.25) is 0 Å². The maximum Gasteiger partial charge on any atom is 0.0358 e. The fourth-order valence-electron chi connectivity index (χ4n) is 2.73. The van der Waals surface area contributed by atoms with E-state index in [4.69, 9.17) is 0 Å². The van der Waals surface area contributed by atoms with E-state index in [-0.39, 0.29) is 5.54 Å². The zero-order valence-electron chi connectivity index (χ0n) is 10.6. The smallest absolute Gasteiger partial charge is 0.0358 e. The molecule has 1 aromatic carbocycles. The fourth-order valence-corrected chi connectivity index (χ4v) is 2.73. The minimum Gasteiger partial charge on any atom is -0.313 e. The third kappa shape index (κ3) is 2.45. The summed E-state index contributed by atoms with van der Waals surface area (Å²) >= 11 is 0. The first kappa shape index (κ1) is 11.6. The van der Waals surface area contributed by atoms with E-state index in [9.17, 15) is 0 Å². The molecular weight excluding hydrogens is 196 g/mol. The molecule has 1 unspecified atom stereocenters. The Hall–Kier alpha value is -0.860. The van der Waals surface area contributed by atoms with Crippen LogP contribution in [0.5, 0.6) is 0 Å². The number of nitrogens with one attached hydrogen (secondary N) is 1. The Morgan fingerprint density at radius 2 is 2.25 bits per heavy atom. The third-order valence-corrected chi connectivity index (χ3v) is 3.70. The highest BCUT2D eigenvalue weighted by molar-refractivity contribution is 5.24. The fraction of sp³-hybridized carbons (Fsp3) is 0.571. The van der Waals surface area contributed by atoms with E-state index in [1.165, 1.54) is 24.1 Å². The minimum absolute atomic E-state index is 0.280. The second-order valence-electron chi connectivity index (χ2n) is 5.18. The second kappa shape index (κ2) is 4.56. The molecule has 0 saturated carbocycles. The van der Waals surface area contributed by atoms with Gasteiger partial charge in [0.2, 0.25) is 0 Å². The van der Waals surface area contributed by atoms with E-state index in [1.54, 1.807) is 0 Å². The average Bonchev–Trinajstić information content (AvgIpc) is 2.61. The molecule has 1 atom stereocenters. The summed E-state index contributed by atoms with van der Waals surface area (Å²) in [6.07, 6.45) is 2.38. The Morgan fingerprint density at radius 1 is 1.44 bits per heavy atom. The van der Waals surface area contributed by atoms with Gasteiger partial charge in [-0.15, -0.1) is 0 Å². The van der Waals surface area contributed by atoms with E-state index in [2.05, 4.69) is 55.5 Å². The van der Waals surface area contributed by atoms with Crippen LogP contribution in [0, 0.1) is 6.92 Å². The monoisotopic (exact) mass is 218 g/mol. The van der Waals surface area contributed by atoms with Crippen LogP contribution in [0.2, 0.25) is 0 Å². The molecule has 0 spiro atoms. The summed E-state index contributed by atoms with van der Waals surface area (Å²) in [7, 11) is 4.30. The van der Waals surface area contributed by atoms with Crippen LogP contribution in [0.25, 0.3) is 0 Å². The predicted molar refractivity (Wildman–Crippen MR) is 68.8 cm³/mol. The van der Waals surface area contributed by atoms with E-state index in [0.717, 1.165) is 13.0 Å². The number of rotatable bonds is 3. The summed E-state index contributed by atoms with van der Waals surface area (Å²) in [5, 5.41) is 3.53. The molecule has 2 rings (SSSR count). The predicted octanol–water partition coefficient (Wildman–Crippen LogP) is 1.83. The van der Waals surface area contributed by atoms with Crippen LogP contribution in [0.4, 0.5) is 0 Å². The topological polar surface area (TPSA) is 15.3 Å². The average molecular weight is 218 g/mol. The van der Waals surface area contributed by atoms with Gasteiger partial charge in [0.05, 0.1) is 0 Å². The molecule has 16 heavy (non-hydrogen) atoms. The second-order valence-corrected chi connectivity index (χ2v) is 5.18. The summed E-state index contributed by atoms with van der Waals surface area (Å²) in [4.78, 5) is 2.41. The molecule has 1 saturated heterocycles. The van der Waals surface area contributed by atoms with Gasteiger partial charge in [0.25, 0.3) is 0 Å². The van der Waals surface area contributed by atoms with Gasteiger partial charge in [0.15, 0.2) is 0 Å². The normalized spacial score (nSPS) is 26.2. The summed E-state index contributed by atoms with van der Waals surface area (Å²) in [5.74, 6) is 0. The molecule has 0 amide bonds. The molecule has 1 aliphatic heterocycles. The number of likely N-dealkylation sites (N-methyl/N-ethyl adjacent to an activating group) is 2. The largest absolute Gasteiger partial charge is 0.313 e. The van der Waals surface area contributed by atoms with Crippen LogP contribution >= 0.6 is 0 Å². The first-order valence-corrected chi connectivity index (χ1v) is 6.07. The summed E-state index contributed by atoms with van der Waals surface area (Å²) in [6.45, 7) is 4.51. The Labute approximate surface area is 98.7 Å². The van der Waals surface area contributed by atoms with Crippen LogP contribution in [0.3, 0.4) is 0 Å². The lowest BCUT2D eigenvalue weighted by atomic mass is 9.89. The lowest BCUT2D eigenvalue weighted by Crippen LogP contribution is -2.47. The molecular formula is C14H22N2. The first-order valence-electron chi connectivity index (χ1n) is 6.07. The highest BCUT2D eigenvalue weighted by atomic mass is 15.2. The number of aryl methyl sites for hydroxylation is 1. The van der Waals surface area contributed by atoms with E-state index in [1.807, 2.05) is 0 Å². The van der Waals surface area contributed by atoms with Gasteiger partial charge in [-0.05, 0) is 46.0 Å². The molecule has 1 heterocycles. The van der Waals surface area contributed by atoms with Gasteiger partial charge in [0.1, 0.15) is 0 Å². The molecule has 2 nitrogen and oxygen atoms in total. The highest BCUT2D eigenvalue weighted by Gasteiger charge is 2.34. The van der Waals surface area contributed by atoms with Crippen molar-refractivity contribution in [2.45, 2.75) is 25.3 Å². The molecule has 0 aromatic heterocycles. The van der Waals surface area contributed by atoms with Gasteiger partial charge in [0, 0.05) is 12.1 Å². The van der Waals surface area contributed by atoms with Crippen LogP contribution < -0.4 is 5.32 Å². The van der Waals surface area contributed by atoms with Crippen molar-refractivity contribution >= 4 is 0 Å². The zero-order valence-corrected chi connectivity index (χ0v) is 10.6. The van der Waals surface area contributed by atoms with Gasteiger partial charge >= 0.3 is 0 Å². The van der Waals surface area contributed by atoms with Gasteiger partial charge < -0.3 is 10.2 Å². The maximum atomic E-state index is 3.53. The van der Waals surface area contributed by atoms with Crippen molar-refractivity contribution in [2.24, 2.45) is 0 Å². The van der Waals surface area contributed by atoms with Crippen LogP contribution in [-0.2, 0) is 6.42 Å². The van der Waals surface area contributed by atoms with Gasteiger partial charge in [-0.2, -0.15) is 0 Å². The Morgan fingerprint density at radius 3 is 2.81 bits per heavy atom. The van der Waals surface area contributed by atoms with E-state index in [0.29, 0.717) is 0 Å². The van der Waals surface area contributed by atoms with Crippen molar-refractivity contribution in [1.82, 2.24) is 10.2 Å². The molecule has 88 valence electrons. The molecule has 0 bridgehead atoms. The van der Waals surface area contributed by atoms with Crippen molar-refractivity contribution in [1.29, 1.82) is 0 Å². The summed E-state index contributed by atoms with van der Waals surface area (Å²) in [6, 6.07) is 8.87. The standard InChI is InChI=1S/C14H22N2/c1-12-5-4-6-13(9-12)10-14(15-2)7-8-16(3)11-14/h4-6,9,15H,7-8,10-11H2,1-3H3. The lowest BCUT2D eigenvalue weighted by Gasteiger charge is -2.29. The molecule has 0 radical (unpaired) electrons. The van der Waals surface area contributed by atoms with Crippen LogP contribution in [-0.4, -0.2) is 37.6 Å².